The fraction of sp³-hybridized carbons (Fsp3) is 0.222. The molecule has 1 aromatic heterocycles. The highest BCUT2D eigenvalue weighted by atomic mass is 16.6. The Balaban J connectivity index is 2.37. The number of hydrogen-bond donors (Lipinski definition) is 1. The van der Waals surface area contributed by atoms with E-state index in [9.17, 15) is 9.59 Å². The predicted molar refractivity (Wildman–Crippen MR) is 48.2 cm³/mol. The van der Waals surface area contributed by atoms with Gasteiger partial charge in [0, 0.05) is 6.20 Å². The van der Waals surface area contributed by atoms with E-state index in [1.165, 1.54) is 13.3 Å². The first kappa shape index (κ1) is 9.45. The molecule has 1 saturated heterocycles. The second-order valence-electron chi connectivity index (χ2n) is 2.88. The zero-order valence-corrected chi connectivity index (χ0v) is 7.89. The monoisotopic (exact) mass is 208 g/mol. The highest BCUT2D eigenvalue weighted by Gasteiger charge is 2.35. The molecule has 6 nitrogen and oxygen atoms in total. The number of alkyl carbamates (subject to hydrolysis) is 1. The number of imide groups is 1. The molecule has 1 aliphatic heterocycles. The van der Waals surface area contributed by atoms with Gasteiger partial charge in [0.1, 0.15) is 0 Å². The summed E-state index contributed by atoms with van der Waals surface area (Å²) in [4.78, 5) is 26.0. The second-order valence-corrected chi connectivity index (χ2v) is 2.88. The number of amides is 2. The van der Waals surface area contributed by atoms with Crippen LogP contribution in [0.3, 0.4) is 0 Å². The minimum Gasteiger partial charge on any atom is -0.481 e. The van der Waals surface area contributed by atoms with Crippen molar-refractivity contribution >= 4 is 12.0 Å². The Morgan fingerprint density at radius 1 is 1.53 bits per heavy atom. The molecule has 0 saturated carbocycles. The van der Waals surface area contributed by atoms with Gasteiger partial charge in [0.15, 0.2) is 0 Å². The molecule has 2 rings (SSSR count). The molecule has 1 fully saturated rings. The van der Waals surface area contributed by atoms with Crippen LogP contribution in [-0.2, 0) is 9.53 Å². The minimum atomic E-state index is -0.971. The third-order valence-corrected chi connectivity index (χ3v) is 1.96. The molecule has 1 N–H and O–H groups in total. The first-order valence-electron chi connectivity index (χ1n) is 4.22. The maximum Gasteiger partial charge on any atom is 0.415 e. The Bertz CT molecular complexity index is 418. The minimum absolute atomic E-state index is 0.271. The van der Waals surface area contributed by atoms with Crippen molar-refractivity contribution in [3.05, 3.63) is 23.9 Å². The van der Waals surface area contributed by atoms with E-state index >= 15 is 0 Å². The molecule has 1 atom stereocenters. The van der Waals surface area contributed by atoms with Crippen LogP contribution in [0.5, 0.6) is 5.88 Å². The summed E-state index contributed by atoms with van der Waals surface area (Å²) in [7, 11) is 1.43. The zero-order valence-electron chi connectivity index (χ0n) is 7.89. The van der Waals surface area contributed by atoms with Gasteiger partial charge in [-0.1, -0.05) is 0 Å². The lowest BCUT2D eigenvalue weighted by Crippen LogP contribution is -2.20. The maximum atomic E-state index is 11.3. The molecule has 1 aliphatic rings. The predicted octanol–water partition coefficient (Wildman–Crippen LogP) is 0.398. The van der Waals surface area contributed by atoms with Crippen molar-refractivity contribution < 1.29 is 19.1 Å². The average Bonchev–Trinajstić information content (AvgIpc) is 2.57. The Morgan fingerprint density at radius 3 is 2.93 bits per heavy atom. The normalized spacial score (nSPS) is 19.7. The van der Waals surface area contributed by atoms with Crippen molar-refractivity contribution in [3.8, 4) is 5.88 Å². The summed E-state index contributed by atoms with van der Waals surface area (Å²) < 4.78 is 9.74. The van der Waals surface area contributed by atoms with Crippen molar-refractivity contribution in [3.63, 3.8) is 0 Å². The molecule has 15 heavy (non-hydrogen) atoms. The Hall–Kier alpha value is -2.11. The number of carbonyl (C=O) groups is 2. The molecular formula is C9H8N2O4. The lowest BCUT2D eigenvalue weighted by atomic mass is 10.1. The number of hydrogen-bond acceptors (Lipinski definition) is 5. The van der Waals surface area contributed by atoms with Crippen LogP contribution in [0, 0.1) is 0 Å². The molecule has 0 aromatic carbocycles. The first-order valence-corrected chi connectivity index (χ1v) is 4.22. The Kier molecular flexibility index (Phi) is 2.24. The van der Waals surface area contributed by atoms with Crippen LogP contribution >= 0.6 is 0 Å². The van der Waals surface area contributed by atoms with Gasteiger partial charge in [0.25, 0.3) is 5.91 Å². The number of nitrogens with zero attached hydrogens (tertiary/aromatic N) is 1. The number of nitrogens with one attached hydrogen (secondary N) is 1. The van der Waals surface area contributed by atoms with Crippen molar-refractivity contribution in [1.82, 2.24) is 10.3 Å². The van der Waals surface area contributed by atoms with E-state index < -0.39 is 18.1 Å². The fourth-order valence-electron chi connectivity index (χ4n) is 1.33. The van der Waals surface area contributed by atoms with Gasteiger partial charge in [-0.2, -0.15) is 0 Å². The largest absolute Gasteiger partial charge is 0.481 e. The van der Waals surface area contributed by atoms with Crippen molar-refractivity contribution in [2.24, 2.45) is 0 Å². The number of ether oxygens (including phenoxy) is 2. The lowest BCUT2D eigenvalue weighted by molar-refractivity contribution is -0.123. The van der Waals surface area contributed by atoms with Crippen LogP contribution < -0.4 is 10.1 Å². The van der Waals surface area contributed by atoms with Crippen molar-refractivity contribution in [2.45, 2.75) is 6.10 Å². The van der Waals surface area contributed by atoms with E-state index in [1.54, 1.807) is 12.1 Å². The molecule has 2 heterocycles. The van der Waals surface area contributed by atoms with E-state index in [0.29, 0.717) is 5.56 Å². The summed E-state index contributed by atoms with van der Waals surface area (Å²) in [5, 5.41) is 2.03. The Morgan fingerprint density at radius 2 is 2.33 bits per heavy atom. The average molecular weight is 208 g/mol. The molecule has 0 spiro atoms. The number of cyclic esters (lactones) is 1. The summed E-state index contributed by atoms with van der Waals surface area (Å²) in [5.74, 6) is -0.237. The first-order chi connectivity index (χ1) is 7.22. The van der Waals surface area contributed by atoms with Gasteiger partial charge in [0.05, 0.1) is 12.7 Å². The molecule has 2 amide bonds. The SMILES string of the molecule is COc1ncccc1C1OC(=O)NC1=O. The molecule has 78 valence electrons. The molecule has 0 bridgehead atoms. The topological polar surface area (TPSA) is 77.5 Å². The molecule has 0 radical (unpaired) electrons. The summed E-state index contributed by atoms with van der Waals surface area (Å²) in [6, 6.07) is 3.26. The molecule has 0 aliphatic carbocycles. The maximum absolute atomic E-state index is 11.3. The number of aromatic nitrogens is 1. The third-order valence-electron chi connectivity index (χ3n) is 1.96. The van der Waals surface area contributed by atoms with E-state index in [-0.39, 0.29) is 5.88 Å². The number of methoxy groups -OCH3 is 1. The fourth-order valence-corrected chi connectivity index (χ4v) is 1.33. The number of rotatable bonds is 2. The summed E-state index contributed by atoms with van der Waals surface area (Å²) in [5.41, 5.74) is 0.434. The zero-order chi connectivity index (χ0) is 10.8. The van der Waals surface area contributed by atoms with Gasteiger partial charge in [-0.05, 0) is 12.1 Å². The Labute approximate surface area is 85.2 Å². The molecule has 1 aromatic rings. The van der Waals surface area contributed by atoms with Crippen LogP contribution in [0.25, 0.3) is 0 Å². The second kappa shape index (κ2) is 3.56. The standard InChI is InChI=1S/C9H8N2O4/c1-14-8-5(3-2-4-10-8)6-7(12)11-9(13)15-6/h2-4,6H,1H3,(H,11,12,13). The van der Waals surface area contributed by atoms with Crippen LogP contribution in [0.15, 0.2) is 18.3 Å². The van der Waals surface area contributed by atoms with Gasteiger partial charge in [0.2, 0.25) is 12.0 Å². The van der Waals surface area contributed by atoms with Gasteiger partial charge < -0.3 is 9.47 Å². The van der Waals surface area contributed by atoms with E-state index in [4.69, 9.17) is 9.47 Å². The van der Waals surface area contributed by atoms with E-state index in [2.05, 4.69) is 4.98 Å². The quantitative estimate of drug-likeness (QED) is 0.761. The van der Waals surface area contributed by atoms with Gasteiger partial charge >= 0.3 is 6.09 Å². The highest BCUT2D eigenvalue weighted by Crippen LogP contribution is 2.28. The smallest absolute Gasteiger partial charge is 0.415 e. The number of pyridine rings is 1. The molecular weight excluding hydrogens is 200 g/mol. The molecule has 1 unspecified atom stereocenters. The third kappa shape index (κ3) is 1.61. The van der Waals surface area contributed by atoms with Gasteiger partial charge in [-0.25, -0.2) is 9.78 Å². The van der Waals surface area contributed by atoms with Crippen LogP contribution in [0.2, 0.25) is 0 Å². The summed E-state index contributed by atoms with van der Waals surface area (Å²) in [6.07, 6.45) is -0.200. The van der Waals surface area contributed by atoms with Gasteiger partial charge in [-0.3, -0.25) is 10.1 Å². The van der Waals surface area contributed by atoms with E-state index in [1.807, 2.05) is 5.32 Å². The van der Waals surface area contributed by atoms with Crippen molar-refractivity contribution in [2.75, 3.05) is 7.11 Å². The molecule has 6 heteroatoms. The van der Waals surface area contributed by atoms with E-state index in [0.717, 1.165) is 0 Å². The highest BCUT2D eigenvalue weighted by molar-refractivity contribution is 6.00. The summed E-state index contributed by atoms with van der Waals surface area (Å²) >= 11 is 0. The van der Waals surface area contributed by atoms with Crippen LogP contribution in [0.4, 0.5) is 4.79 Å². The van der Waals surface area contributed by atoms with Crippen LogP contribution in [-0.4, -0.2) is 24.1 Å². The number of carbonyl (C=O) groups excluding carboxylic acids is 2. The lowest BCUT2D eigenvalue weighted by Gasteiger charge is -2.09. The van der Waals surface area contributed by atoms with Gasteiger partial charge in [-0.15, -0.1) is 0 Å². The van der Waals surface area contributed by atoms with Crippen LogP contribution in [0.1, 0.15) is 11.7 Å². The van der Waals surface area contributed by atoms with Crippen molar-refractivity contribution in [1.29, 1.82) is 0 Å². The summed E-state index contributed by atoms with van der Waals surface area (Å²) in [6.45, 7) is 0.